The third-order valence-corrected chi connectivity index (χ3v) is 4.57. The fraction of sp³-hybridized carbons (Fsp3) is 0.182. The topological polar surface area (TPSA) is 56.2 Å². The molecule has 1 N–H and O–H groups in total. The van der Waals surface area contributed by atoms with E-state index < -0.39 is 23.0 Å². The Morgan fingerprint density at radius 2 is 1.97 bits per heavy atom. The van der Waals surface area contributed by atoms with E-state index in [0.717, 1.165) is 6.20 Å². The molecule has 0 radical (unpaired) electrons. The summed E-state index contributed by atoms with van der Waals surface area (Å²) in [6, 6.07) is 7.33. The molecule has 156 valence electrons. The van der Waals surface area contributed by atoms with E-state index in [1.54, 1.807) is 19.1 Å². The van der Waals surface area contributed by atoms with E-state index in [-0.39, 0.29) is 23.8 Å². The van der Waals surface area contributed by atoms with Crippen molar-refractivity contribution in [3.63, 3.8) is 0 Å². The lowest BCUT2D eigenvalue weighted by atomic mass is 10.1. The predicted octanol–water partition coefficient (Wildman–Crippen LogP) is 4.80. The number of halogens is 3. The van der Waals surface area contributed by atoms with Crippen LogP contribution in [0.1, 0.15) is 23.6 Å². The molecule has 8 heteroatoms. The smallest absolute Gasteiger partial charge is 0.310 e. The van der Waals surface area contributed by atoms with Crippen LogP contribution in [0.4, 0.5) is 24.8 Å². The molecule has 0 unspecified atom stereocenters. The minimum atomic E-state index is -1.07. The molecule has 0 amide bonds. The molecule has 0 atom stereocenters. The lowest BCUT2D eigenvalue weighted by Gasteiger charge is -2.17. The monoisotopic (exact) mass is 415 g/mol. The quantitative estimate of drug-likeness (QED) is 0.628. The van der Waals surface area contributed by atoms with Gasteiger partial charge in [-0.1, -0.05) is 12.2 Å². The van der Waals surface area contributed by atoms with Crippen LogP contribution in [0.5, 0.6) is 5.75 Å². The highest BCUT2D eigenvalue weighted by Crippen LogP contribution is 2.28. The molecule has 1 heterocycles. The highest BCUT2D eigenvalue weighted by molar-refractivity contribution is 5.62. The SMILES string of the molecule is C=C(C)c1cc(F)cc(Cn2cc(F)c(=O)nc2Nc2ccc(OC)c(F)c2C)c1. The van der Waals surface area contributed by atoms with E-state index in [1.807, 2.05) is 0 Å². The second-order valence-corrected chi connectivity index (χ2v) is 6.85. The van der Waals surface area contributed by atoms with Crippen LogP contribution in [0.15, 0.2) is 47.9 Å². The van der Waals surface area contributed by atoms with Crippen molar-refractivity contribution in [1.29, 1.82) is 0 Å². The zero-order valence-electron chi connectivity index (χ0n) is 16.7. The van der Waals surface area contributed by atoms with Gasteiger partial charge in [-0.25, -0.2) is 8.78 Å². The van der Waals surface area contributed by atoms with Crippen molar-refractivity contribution in [3.8, 4) is 5.75 Å². The van der Waals surface area contributed by atoms with Gasteiger partial charge in [0, 0.05) is 17.4 Å². The van der Waals surface area contributed by atoms with Gasteiger partial charge >= 0.3 is 5.56 Å². The van der Waals surface area contributed by atoms with E-state index in [4.69, 9.17) is 4.74 Å². The van der Waals surface area contributed by atoms with Crippen molar-refractivity contribution >= 4 is 17.2 Å². The Hall–Kier alpha value is -3.55. The van der Waals surface area contributed by atoms with Crippen molar-refractivity contribution in [2.45, 2.75) is 20.4 Å². The van der Waals surface area contributed by atoms with Gasteiger partial charge in [0.25, 0.3) is 0 Å². The zero-order chi connectivity index (χ0) is 22.0. The van der Waals surface area contributed by atoms with Gasteiger partial charge in [0.2, 0.25) is 11.8 Å². The molecule has 2 aromatic carbocycles. The Bertz CT molecular complexity index is 1190. The lowest BCUT2D eigenvalue weighted by molar-refractivity contribution is 0.385. The average Bonchev–Trinajstić information content (AvgIpc) is 2.69. The van der Waals surface area contributed by atoms with Crippen molar-refractivity contribution < 1.29 is 17.9 Å². The zero-order valence-corrected chi connectivity index (χ0v) is 16.7. The van der Waals surface area contributed by atoms with Crippen LogP contribution in [0.3, 0.4) is 0 Å². The van der Waals surface area contributed by atoms with Gasteiger partial charge in [0.05, 0.1) is 13.7 Å². The molecule has 0 fully saturated rings. The maximum atomic E-state index is 14.4. The molecule has 0 aliphatic carbocycles. The van der Waals surface area contributed by atoms with Gasteiger partial charge in [0.1, 0.15) is 5.82 Å². The van der Waals surface area contributed by atoms with Gasteiger partial charge in [-0.15, -0.1) is 0 Å². The number of ether oxygens (including phenoxy) is 1. The molecule has 0 aliphatic rings. The van der Waals surface area contributed by atoms with Crippen molar-refractivity contribution in [2.24, 2.45) is 0 Å². The number of methoxy groups -OCH3 is 1. The summed E-state index contributed by atoms with van der Waals surface area (Å²) in [7, 11) is 1.35. The van der Waals surface area contributed by atoms with Gasteiger partial charge in [-0.05, 0) is 55.3 Å². The Balaban J connectivity index is 2.04. The summed E-state index contributed by atoms with van der Waals surface area (Å²) in [6.07, 6.45) is 0.970. The number of rotatable bonds is 6. The Kier molecular flexibility index (Phi) is 5.96. The number of hydrogen-bond acceptors (Lipinski definition) is 4. The molecule has 5 nitrogen and oxygen atoms in total. The lowest BCUT2D eigenvalue weighted by Crippen LogP contribution is -2.20. The molecular weight excluding hydrogens is 395 g/mol. The molecule has 3 aromatic rings. The molecule has 0 spiro atoms. The van der Waals surface area contributed by atoms with Crippen LogP contribution in [-0.2, 0) is 6.54 Å². The highest BCUT2D eigenvalue weighted by atomic mass is 19.1. The van der Waals surface area contributed by atoms with Crippen LogP contribution >= 0.6 is 0 Å². The predicted molar refractivity (Wildman–Crippen MR) is 110 cm³/mol. The second kappa shape index (κ2) is 8.44. The minimum Gasteiger partial charge on any atom is -0.494 e. The first-order chi connectivity index (χ1) is 14.2. The number of benzene rings is 2. The van der Waals surface area contributed by atoms with E-state index in [2.05, 4.69) is 16.9 Å². The summed E-state index contributed by atoms with van der Waals surface area (Å²) >= 11 is 0. The maximum absolute atomic E-state index is 14.4. The summed E-state index contributed by atoms with van der Waals surface area (Å²) in [4.78, 5) is 15.5. The van der Waals surface area contributed by atoms with E-state index in [1.165, 1.54) is 36.8 Å². The largest absolute Gasteiger partial charge is 0.494 e. The molecule has 0 saturated carbocycles. The molecule has 3 rings (SSSR count). The summed E-state index contributed by atoms with van der Waals surface area (Å²) in [5.41, 5.74) is 1.27. The van der Waals surface area contributed by atoms with Crippen LogP contribution in [0, 0.1) is 24.4 Å². The van der Waals surface area contributed by atoms with Crippen LogP contribution < -0.4 is 15.6 Å². The third kappa shape index (κ3) is 4.37. The first-order valence-corrected chi connectivity index (χ1v) is 9.02. The van der Waals surface area contributed by atoms with Gasteiger partial charge < -0.3 is 14.6 Å². The standard InChI is InChI=1S/C22H20F3N3O2/c1-12(2)15-7-14(8-16(23)9-15)10-28-11-17(24)21(29)27-22(28)26-18-5-6-19(30-4)20(25)13(18)3/h5-9,11H,1,10H2,2-4H3,(H,26,27,29). The summed E-state index contributed by atoms with van der Waals surface area (Å²) in [5, 5.41) is 2.85. The van der Waals surface area contributed by atoms with Crippen LogP contribution in [0.25, 0.3) is 5.57 Å². The van der Waals surface area contributed by atoms with Crippen molar-refractivity contribution in [3.05, 3.63) is 87.6 Å². The Morgan fingerprint density at radius 1 is 1.23 bits per heavy atom. The Morgan fingerprint density at radius 3 is 2.63 bits per heavy atom. The van der Waals surface area contributed by atoms with Crippen molar-refractivity contribution in [2.75, 3.05) is 12.4 Å². The summed E-state index contributed by atoms with van der Waals surface area (Å²) in [6.45, 7) is 7.09. The first kappa shape index (κ1) is 21.2. The second-order valence-electron chi connectivity index (χ2n) is 6.85. The normalized spacial score (nSPS) is 10.7. The minimum absolute atomic E-state index is 0.0161. The average molecular weight is 415 g/mol. The fourth-order valence-electron chi connectivity index (χ4n) is 2.95. The highest BCUT2D eigenvalue weighted by Gasteiger charge is 2.15. The van der Waals surface area contributed by atoms with Gasteiger partial charge in [-0.2, -0.15) is 9.37 Å². The van der Waals surface area contributed by atoms with Crippen LogP contribution in [-0.4, -0.2) is 16.7 Å². The number of aromatic nitrogens is 2. The molecule has 0 bridgehead atoms. The number of nitrogens with one attached hydrogen (secondary N) is 1. The maximum Gasteiger partial charge on any atom is 0.310 e. The van der Waals surface area contributed by atoms with E-state index in [0.29, 0.717) is 22.4 Å². The molecule has 1 aromatic heterocycles. The molecule has 30 heavy (non-hydrogen) atoms. The van der Waals surface area contributed by atoms with Gasteiger partial charge in [0.15, 0.2) is 11.6 Å². The number of nitrogens with zero attached hydrogens (tertiary/aromatic N) is 2. The van der Waals surface area contributed by atoms with Crippen LogP contribution in [0.2, 0.25) is 0 Å². The van der Waals surface area contributed by atoms with E-state index in [9.17, 15) is 18.0 Å². The first-order valence-electron chi connectivity index (χ1n) is 9.02. The summed E-state index contributed by atoms with van der Waals surface area (Å²) in [5.74, 6) is -2.06. The number of allylic oxidation sites excluding steroid dienone is 1. The Labute approximate surface area is 171 Å². The molecule has 0 saturated heterocycles. The summed E-state index contributed by atoms with van der Waals surface area (Å²) < 4.78 is 48.5. The third-order valence-electron chi connectivity index (χ3n) is 4.57. The fourth-order valence-corrected chi connectivity index (χ4v) is 2.95. The van der Waals surface area contributed by atoms with E-state index >= 15 is 0 Å². The molecular formula is C22H20F3N3O2. The number of anilines is 2. The molecule has 0 aliphatic heterocycles. The van der Waals surface area contributed by atoms with Crippen molar-refractivity contribution in [1.82, 2.24) is 9.55 Å². The van der Waals surface area contributed by atoms with Gasteiger partial charge in [-0.3, -0.25) is 4.79 Å². The number of hydrogen-bond donors (Lipinski definition) is 1.